The monoisotopic (exact) mass is 491 g/mol. The molecule has 0 unspecified atom stereocenters. The molecule has 2 aromatic carbocycles. The average Bonchev–Trinajstić information content (AvgIpc) is 2.39. The van der Waals surface area contributed by atoms with Gasteiger partial charge in [-0.05, 0) is 46.3 Å². The molecule has 9 heteroatoms. The number of halogens is 5. The van der Waals surface area contributed by atoms with Crippen molar-refractivity contribution in [2.24, 2.45) is 0 Å². The van der Waals surface area contributed by atoms with E-state index in [0.717, 1.165) is 0 Å². The van der Waals surface area contributed by atoms with Crippen molar-refractivity contribution in [3.8, 4) is 0 Å². The molecular weight excluding hydrogens is 488 g/mol. The fourth-order valence-electron chi connectivity index (χ4n) is 1.50. The maximum absolute atomic E-state index is 12.4. The normalized spacial score (nSPS) is 11.5. The van der Waals surface area contributed by atoms with Crippen LogP contribution in [0.25, 0.3) is 0 Å². The first-order valence-electron chi connectivity index (χ1n) is 5.34. The summed E-state index contributed by atoms with van der Waals surface area (Å²) >= 11 is 24.4. The number of hydrogen-bond acceptors (Lipinski definition) is 2. The van der Waals surface area contributed by atoms with Gasteiger partial charge in [0.2, 0.25) is 0 Å². The van der Waals surface area contributed by atoms with Gasteiger partial charge in [-0.1, -0.05) is 50.7 Å². The van der Waals surface area contributed by atoms with Gasteiger partial charge >= 0.3 is 0 Å². The average molecular weight is 494 g/mol. The first kappa shape index (κ1) is 17.4. The molecule has 0 bridgehead atoms. The van der Waals surface area contributed by atoms with Crippen molar-refractivity contribution in [2.45, 2.75) is 4.90 Å². The Morgan fingerprint density at radius 3 is 2.24 bits per heavy atom. The predicted octanol–water partition coefficient (Wildman–Crippen LogP) is 5.97. The summed E-state index contributed by atoms with van der Waals surface area (Å²) in [5.74, 6) is 0. The molecule has 0 atom stereocenters. The highest BCUT2D eigenvalue weighted by Gasteiger charge is 2.20. The van der Waals surface area contributed by atoms with Crippen molar-refractivity contribution in [3.63, 3.8) is 0 Å². The SMILES string of the molecule is O=S(=O)(Nc1ccc(Br)c(Cl)c1Cl)c1ccc(Br)cc1Cl. The summed E-state index contributed by atoms with van der Waals surface area (Å²) in [7, 11) is -3.87. The Bertz CT molecular complexity index is 812. The smallest absolute Gasteiger partial charge is 0.263 e. The van der Waals surface area contributed by atoms with E-state index in [1.807, 2.05) is 0 Å². The zero-order chi connectivity index (χ0) is 15.8. The Balaban J connectivity index is 2.45. The molecule has 0 saturated carbocycles. The van der Waals surface area contributed by atoms with Gasteiger partial charge in [-0.3, -0.25) is 4.72 Å². The molecule has 0 aromatic heterocycles. The van der Waals surface area contributed by atoms with E-state index in [-0.39, 0.29) is 25.7 Å². The van der Waals surface area contributed by atoms with Gasteiger partial charge in [0, 0.05) is 8.95 Å². The maximum atomic E-state index is 12.4. The summed E-state index contributed by atoms with van der Waals surface area (Å²) in [4.78, 5) is -0.0533. The summed E-state index contributed by atoms with van der Waals surface area (Å²) in [6, 6.07) is 7.56. The van der Waals surface area contributed by atoms with Gasteiger partial charge in [-0.25, -0.2) is 8.42 Å². The summed E-state index contributed by atoms with van der Waals surface area (Å²) in [6.45, 7) is 0. The van der Waals surface area contributed by atoms with Gasteiger partial charge in [0.05, 0.1) is 20.8 Å². The van der Waals surface area contributed by atoms with Gasteiger partial charge in [-0.15, -0.1) is 0 Å². The topological polar surface area (TPSA) is 46.2 Å². The van der Waals surface area contributed by atoms with E-state index in [0.29, 0.717) is 8.95 Å². The predicted molar refractivity (Wildman–Crippen MR) is 94.1 cm³/mol. The molecule has 0 fully saturated rings. The van der Waals surface area contributed by atoms with E-state index in [2.05, 4.69) is 36.6 Å². The van der Waals surface area contributed by atoms with Crippen LogP contribution in [0.2, 0.25) is 15.1 Å². The number of hydrogen-bond donors (Lipinski definition) is 1. The quantitative estimate of drug-likeness (QED) is 0.535. The molecule has 0 heterocycles. The van der Waals surface area contributed by atoms with Crippen molar-refractivity contribution in [2.75, 3.05) is 4.72 Å². The highest BCUT2D eigenvalue weighted by atomic mass is 79.9. The summed E-state index contributed by atoms with van der Waals surface area (Å²) in [5, 5.41) is 0.415. The van der Waals surface area contributed by atoms with Gasteiger partial charge in [0.1, 0.15) is 4.90 Å². The summed E-state index contributed by atoms with van der Waals surface area (Å²) in [5.41, 5.74) is 0.170. The standard InChI is InChI=1S/C12H6Br2Cl3NO2S/c13-6-1-4-10(8(15)5-6)21(19,20)18-9-3-2-7(14)11(16)12(9)17/h1-5,18H. The van der Waals surface area contributed by atoms with Crippen LogP contribution in [0.1, 0.15) is 0 Å². The van der Waals surface area contributed by atoms with Crippen LogP contribution >= 0.6 is 66.7 Å². The van der Waals surface area contributed by atoms with Crippen LogP contribution in [0.5, 0.6) is 0 Å². The van der Waals surface area contributed by atoms with Gasteiger partial charge in [0.15, 0.2) is 0 Å². The minimum Gasteiger partial charge on any atom is -0.278 e. The van der Waals surface area contributed by atoms with Crippen LogP contribution in [0.15, 0.2) is 44.2 Å². The summed E-state index contributed by atoms with van der Waals surface area (Å²) < 4.78 is 28.3. The fraction of sp³-hybridized carbons (Fsp3) is 0. The molecular formula is C12H6Br2Cl3NO2S. The first-order chi connectivity index (χ1) is 9.72. The second-order valence-corrected chi connectivity index (χ2v) is 8.49. The molecule has 112 valence electrons. The van der Waals surface area contributed by atoms with Crippen molar-refractivity contribution in [3.05, 3.63) is 54.3 Å². The van der Waals surface area contributed by atoms with Crippen molar-refractivity contribution >= 4 is 82.4 Å². The largest absolute Gasteiger partial charge is 0.278 e. The molecule has 3 nitrogen and oxygen atoms in total. The third-order valence-electron chi connectivity index (χ3n) is 2.46. The molecule has 0 amide bonds. The molecule has 0 saturated heterocycles. The second-order valence-electron chi connectivity index (χ2n) is 3.90. The number of benzene rings is 2. The third-order valence-corrected chi connectivity index (χ3v) is 6.58. The number of nitrogens with one attached hydrogen (secondary N) is 1. The molecule has 0 aliphatic heterocycles. The van der Waals surface area contributed by atoms with E-state index in [1.165, 1.54) is 18.2 Å². The lowest BCUT2D eigenvalue weighted by Crippen LogP contribution is -2.13. The first-order valence-corrected chi connectivity index (χ1v) is 9.54. The van der Waals surface area contributed by atoms with Crippen LogP contribution < -0.4 is 4.72 Å². The van der Waals surface area contributed by atoms with E-state index < -0.39 is 10.0 Å². The fourth-order valence-corrected chi connectivity index (χ4v) is 4.49. The van der Waals surface area contributed by atoms with Crippen molar-refractivity contribution in [1.82, 2.24) is 0 Å². The van der Waals surface area contributed by atoms with Crippen LogP contribution in [0, 0.1) is 0 Å². The van der Waals surface area contributed by atoms with E-state index in [4.69, 9.17) is 34.8 Å². The molecule has 2 rings (SSSR count). The lowest BCUT2D eigenvalue weighted by atomic mass is 10.3. The number of sulfonamides is 1. The lowest BCUT2D eigenvalue weighted by molar-refractivity contribution is 0.601. The van der Waals surface area contributed by atoms with Crippen LogP contribution in [-0.4, -0.2) is 8.42 Å². The Labute approximate surface area is 153 Å². The highest BCUT2D eigenvalue weighted by molar-refractivity contribution is 9.10. The van der Waals surface area contributed by atoms with Crippen molar-refractivity contribution in [1.29, 1.82) is 0 Å². The Kier molecular flexibility index (Phi) is 5.50. The number of anilines is 1. The Morgan fingerprint density at radius 1 is 0.952 bits per heavy atom. The molecule has 1 N–H and O–H groups in total. The minimum absolute atomic E-state index is 0.0533. The van der Waals surface area contributed by atoms with Gasteiger partial charge in [0.25, 0.3) is 10.0 Å². The highest BCUT2D eigenvalue weighted by Crippen LogP contribution is 2.37. The minimum atomic E-state index is -3.87. The zero-order valence-corrected chi connectivity index (χ0v) is 16.3. The van der Waals surface area contributed by atoms with E-state index in [1.54, 1.807) is 12.1 Å². The zero-order valence-electron chi connectivity index (χ0n) is 10.0. The van der Waals surface area contributed by atoms with Gasteiger partial charge < -0.3 is 0 Å². The second kappa shape index (κ2) is 6.64. The Hall–Kier alpha value is 0.0200. The van der Waals surface area contributed by atoms with Crippen LogP contribution in [0.4, 0.5) is 5.69 Å². The summed E-state index contributed by atoms with van der Waals surface area (Å²) in [6.07, 6.45) is 0. The van der Waals surface area contributed by atoms with E-state index in [9.17, 15) is 8.42 Å². The molecule has 21 heavy (non-hydrogen) atoms. The molecule has 0 radical (unpaired) electrons. The lowest BCUT2D eigenvalue weighted by Gasteiger charge is -2.12. The molecule has 0 spiro atoms. The maximum Gasteiger partial charge on any atom is 0.263 e. The van der Waals surface area contributed by atoms with Gasteiger partial charge in [-0.2, -0.15) is 0 Å². The number of rotatable bonds is 3. The van der Waals surface area contributed by atoms with Crippen LogP contribution in [0.3, 0.4) is 0 Å². The van der Waals surface area contributed by atoms with Crippen LogP contribution in [-0.2, 0) is 10.0 Å². The Morgan fingerprint density at radius 2 is 1.62 bits per heavy atom. The van der Waals surface area contributed by atoms with Crippen molar-refractivity contribution < 1.29 is 8.42 Å². The third kappa shape index (κ3) is 3.86. The molecule has 0 aliphatic carbocycles. The van der Waals surface area contributed by atoms with E-state index >= 15 is 0 Å². The molecule has 0 aliphatic rings. The molecule has 2 aromatic rings.